The third-order valence-electron chi connectivity index (χ3n) is 4.04. The number of carbonyl (C=O) groups is 2. The van der Waals surface area contributed by atoms with Gasteiger partial charge in [0, 0.05) is 25.6 Å². The quantitative estimate of drug-likeness (QED) is 0.554. The van der Waals surface area contributed by atoms with Crippen LogP contribution in [0.2, 0.25) is 0 Å². The lowest BCUT2D eigenvalue weighted by Gasteiger charge is -2.07. The van der Waals surface area contributed by atoms with Gasteiger partial charge in [-0.2, -0.15) is 0 Å². The highest BCUT2D eigenvalue weighted by Gasteiger charge is 2.13. The molecule has 0 aliphatic carbocycles. The summed E-state index contributed by atoms with van der Waals surface area (Å²) in [5, 5.41) is 14.1. The highest BCUT2D eigenvalue weighted by atomic mass is 32.2. The molecule has 0 aliphatic rings. The van der Waals surface area contributed by atoms with E-state index in [0.717, 1.165) is 5.69 Å². The number of halogens is 1. The van der Waals surface area contributed by atoms with Gasteiger partial charge in [0.25, 0.3) is 0 Å². The summed E-state index contributed by atoms with van der Waals surface area (Å²) in [5.74, 6) is -0.134. The lowest BCUT2D eigenvalue weighted by atomic mass is 10.2. The molecule has 0 unspecified atom stereocenters. The number of nitrogens with one attached hydrogen (secondary N) is 2. The Morgan fingerprint density at radius 2 is 1.72 bits per heavy atom. The van der Waals surface area contributed by atoms with Crippen molar-refractivity contribution in [1.82, 2.24) is 14.8 Å². The topological polar surface area (TPSA) is 88.9 Å². The Labute approximate surface area is 171 Å². The first-order chi connectivity index (χ1) is 14.0. The van der Waals surface area contributed by atoms with Gasteiger partial charge >= 0.3 is 0 Å². The fourth-order valence-electron chi connectivity index (χ4n) is 2.54. The number of rotatable bonds is 8. The molecule has 2 aromatic carbocycles. The lowest BCUT2D eigenvalue weighted by molar-refractivity contribution is -0.116. The Hall–Kier alpha value is -3.20. The smallest absolute Gasteiger partial charge is 0.234 e. The third-order valence-corrected chi connectivity index (χ3v) is 5.06. The number of aromatic nitrogens is 3. The first-order valence-corrected chi connectivity index (χ1v) is 9.92. The number of hydrogen-bond acceptors (Lipinski definition) is 5. The molecule has 0 aliphatic heterocycles. The van der Waals surface area contributed by atoms with Crippen LogP contribution in [0.15, 0.2) is 59.8 Å². The van der Waals surface area contributed by atoms with Gasteiger partial charge in [-0.25, -0.2) is 4.39 Å². The molecular formula is C20H20FN5O2S. The van der Waals surface area contributed by atoms with Crippen molar-refractivity contribution >= 4 is 35.0 Å². The summed E-state index contributed by atoms with van der Waals surface area (Å²) in [4.78, 5) is 24.1. The van der Waals surface area contributed by atoms with E-state index in [1.807, 2.05) is 30.3 Å². The average Bonchev–Trinajstić information content (AvgIpc) is 3.07. The van der Waals surface area contributed by atoms with Gasteiger partial charge in [-0.15, -0.1) is 10.2 Å². The number of thioether (sulfide) groups is 1. The Balaban J connectivity index is 1.48. The zero-order chi connectivity index (χ0) is 20.6. The van der Waals surface area contributed by atoms with Crippen molar-refractivity contribution in [2.24, 2.45) is 7.05 Å². The van der Waals surface area contributed by atoms with Gasteiger partial charge in [0.05, 0.1) is 11.4 Å². The first kappa shape index (κ1) is 20.5. The molecule has 0 atom stereocenters. The van der Waals surface area contributed by atoms with Crippen LogP contribution in [0, 0.1) is 5.82 Å². The van der Waals surface area contributed by atoms with Gasteiger partial charge in [-0.3, -0.25) is 9.59 Å². The Bertz CT molecular complexity index is 994. The fourth-order valence-corrected chi connectivity index (χ4v) is 3.27. The molecule has 0 bridgehead atoms. The maximum Gasteiger partial charge on any atom is 0.234 e. The molecule has 0 saturated heterocycles. The third kappa shape index (κ3) is 5.89. The van der Waals surface area contributed by atoms with Crippen LogP contribution in [-0.4, -0.2) is 32.3 Å². The van der Waals surface area contributed by atoms with E-state index in [9.17, 15) is 14.0 Å². The number of anilines is 2. The number of amides is 2. The second kappa shape index (κ2) is 9.83. The van der Waals surface area contributed by atoms with E-state index < -0.39 is 5.82 Å². The molecule has 2 amide bonds. The van der Waals surface area contributed by atoms with Crippen molar-refractivity contribution in [3.8, 4) is 0 Å². The van der Waals surface area contributed by atoms with E-state index in [0.29, 0.717) is 17.4 Å². The molecule has 0 radical (unpaired) electrons. The Kier molecular flexibility index (Phi) is 6.96. The zero-order valence-corrected chi connectivity index (χ0v) is 16.6. The van der Waals surface area contributed by atoms with Crippen molar-refractivity contribution in [1.29, 1.82) is 0 Å². The van der Waals surface area contributed by atoms with E-state index in [2.05, 4.69) is 20.8 Å². The maximum atomic E-state index is 13.6. The minimum absolute atomic E-state index is 0.138. The summed E-state index contributed by atoms with van der Waals surface area (Å²) in [6.45, 7) is 0. The predicted octanol–water partition coefficient (Wildman–Crippen LogP) is 3.26. The number of hydrogen-bond donors (Lipinski definition) is 2. The number of benzene rings is 2. The molecule has 2 N–H and O–H groups in total. The molecule has 0 fully saturated rings. The van der Waals surface area contributed by atoms with Crippen molar-refractivity contribution in [2.45, 2.75) is 18.0 Å². The van der Waals surface area contributed by atoms with Crippen LogP contribution in [0.25, 0.3) is 0 Å². The van der Waals surface area contributed by atoms with E-state index in [1.54, 1.807) is 23.7 Å². The molecule has 29 heavy (non-hydrogen) atoms. The number of carbonyl (C=O) groups excluding carboxylic acids is 2. The minimum Gasteiger partial charge on any atom is -0.325 e. The summed E-state index contributed by atoms with van der Waals surface area (Å²) < 4.78 is 15.3. The van der Waals surface area contributed by atoms with Crippen LogP contribution >= 0.6 is 11.8 Å². The normalized spacial score (nSPS) is 10.6. The summed E-state index contributed by atoms with van der Waals surface area (Å²) >= 11 is 1.26. The lowest BCUT2D eigenvalue weighted by Crippen LogP contribution is -2.15. The molecule has 3 aromatic rings. The van der Waals surface area contributed by atoms with E-state index in [1.165, 1.54) is 23.9 Å². The second-order valence-electron chi connectivity index (χ2n) is 6.19. The summed E-state index contributed by atoms with van der Waals surface area (Å²) in [5.41, 5.74) is 0.883. The molecule has 9 heteroatoms. The van der Waals surface area contributed by atoms with Gasteiger partial charge in [0.1, 0.15) is 11.6 Å². The standard InChI is InChI=1S/C20H20FN5O2S/c1-26-17(11-12-18(27)23-16-10-6-5-9-15(16)21)24-25-20(26)29-13-19(28)22-14-7-3-2-4-8-14/h2-10H,11-13H2,1H3,(H,22,28)(H,23,27). The molecule has 1 aromatic heterocycles. The molecule has 1 heterocycles. The number of aryl methyl sites for hydroxylation is 1. The maximum absolute atomic E-state index is 13.6. The summed E-state index contributed by atoms with van der Waals surface area (Å²) in [6.07, 6.45) is 0.486. The minimum atomic E-state index is -0.480. The molecule has 7 nitrogen and oxygen atoms in total. The average molecular weight is 413 g/mol. The van der Waals surface area contributed by atoms with Crippen molar-refractivity contribution < 1.29 is 14.0 Å². The van der Waals surface area contributed by atoms with Crippen LogP contribution in [-0.2, 0) is 23.1 Å². The monoisotopic (exact) mass is 413 g/mol. The number of nitrogens with zero attached hydrogens (tertiary/aromatic N) is 3. The summed E-state index contributed by atoms with van der Waals surface area (Å²) in [6, 6.07) is 15.2. The van der Waals surface area contributed by atoms with Crippen LogP contribution < -0.4 is 10.6 Å². The predicted molar refractivity (Wildman–Crippen MR) is 110 cm³/mol. The fraction of sp³-hybridized carbons (Fsp3) is 0.200. The largest absolute Gasteiger partial charge is 0.325 e. The van der Waals surface area contributed by atoms with E-state index in [-0.39, 0.29) is 29.7 Å². The molecule has 0 saturated carbocycles. The van der Waals surface area contributed by atoms with Gasteiger partial charge < -0.3 is 15.2 Å². The Morgan fingerprint density at radius 3 is 2.48 bits per heavy atom. The van der Waals surface area contributed by atoms with Crippen molar-refractivity contribution in [3.63, 3.8) is 0 Å². The van der Waals surface area contributed by atoms with Crippen LogP contribution in [0.4, 0.5) is 15.8 Å². The zero-order valence-electron chi connectivity index (χ0n) is 15.8. The van der Waals surface area contributed by atoms with Crippen molar-refractivity contribution in [3.05, 3.63) is 66.2 Å². The second-order valence-corrected chi connectivity index (χ2v) is 7.13. The van der Waals surface area contributed by atoms with E-state index >= 15 is 0 Å². The molecule has 0 spiro atoms. The van der Waals surface area contributed by atoms with E-state index in [4.69, 9.17) is 0 Å². The van der Waals surface area contributed by atoms with Crippen molar-refractivity contribution in [2.75, 3.05) is 16.4 Å². The van der Waals surface area contributed by atoms with Gasteiger partial charge in [-0.1, -0.05) is 42.1 Å². The first-order valence-electron chi connectivity index (χ1n) is 8.93. The molecule has 3 rings (SSSR count). The SMILES string of the molecule is Cn1c(CCC(=O)Nc2ccccc2F)nnc1SCC(=O)Nc1ccccc1. The highest BCUT2D eigenvalue weighted by Crippen LogP contribution is 2.18. The number of para-hydroxylation sites is 2. The van der Waals surface area contributed by atoms with Gasteiger partial charge in [0.2, 0.25) is 11.8 Å². The molecule has 150 valence electrons. The van der Waals surface area contributed by atoms with Gasteiger partial charge in [-0.05, 0) is 24.3 Å². The highest BCUT2D eigenvalue weighted by molar-refractivity contribution is 7.99. The Morgan fingerprint density at radius 1 is 1.00 bits per heavy atom. The van der Waals surface area contributed by atoms with Crippen LogP contribution in [0.5, 0.6) is 0 Å². The van der Waals surface area contributed by atoms with Crippen LogP contribution in [0.1, 0.15) is 12.2 Å². The summed E-state index contributed by atoms with van der Waals surface area (Å²) in [7, 11) is 1.78. The van der Waals surface area contributed by atoms with Crippen LogP contribution in [0.3, 0.4) is 0 Å². The molecular weight excluding hydrogens is 393 g/mol. The van der Waals surface area contributed by atoms with Gasteiger partial charge in [0.15, 0.2) is 5.16 Å².